The average Bonchev–Trinajstić information content (AvgIpc) is 2.63. The number of rotatable bonds is 2. The van der Waals surface area contributed by atoms with E-state index in [0.29, 0.717) is 24.6 Å². The average molecular weight is 330 g/mol. The van der Waals surface area contributed by atoms with Gasteiger partial charge in [0.15, 0.2) is 6.61 Å². The number of hydrogen-bond donors (Lipinski definition) is 0. The number of carbonyl (C=O) groups excluding carboxylic acids is 2. The molecule has 3 aliphatic rings. The number of carbonyl (C=O) groups is 2. The van der Waals surface area contributed by atoms with Crippen LogP contribution in [0, 0.1) is 0 Å². The summed E-state index contributed by atoms with van der Waals surface area (Å²) < 4.78 is 11.3. The smallest absolute Gasteiger partial charge is 0.265 e. The second-order valence-electron chi connectivity index (χ2n) is 6.58. The highest BCUT2D eigenvalue weighted by molar-refractivity contribution is 6.02. The minimum Gasteiger partial charge on any atom is -0.482 e. The fraction of sp³-hybridized carbons (Fsp3) is 0.556. The van der Waals surface area contributed by atoms with Crippen LogP contribution in [0.2, 0.25) is 0 Å². The van der Waals surface area contributed by atoms with E-state index in [-0.39, 0.29) is 37.1 Å². The fourth-order valence-corrected chi connectivity index (χ4v) is 3.96. The molecule has 0 bridgehead atoms. The van der Waals surface area contributed by atoms with Crippen LogP contribution in [-0.2, 0) is 14.3 Å². The highest BCUT2D eigenvalue weighted by atomic mass is 16.5. The van der Waals surface area contributed by atoms with Gasteiger partial charge in [-0.3, -0.25) is 14.5 Å². The largest absolute Gasteiger partial charge is 0.482 e. The Morgan fingerprint density at radius 1 is 1.21 bits per heavy atom. The van der Waals surface area contributed by atoms with Gasteiger partial charge in [0, 0.05) is 6.54 Å². The van der Waals surface area contributed by atoms with Crippen LogP contribution in [0.25, 0.3) is 0 Å². The van der Waals surface area contributed by atoms with Crippen molar-refractivity contribution in [3.8, 4) is 5.75 Å². The van der Waals surface area contributed by atoms with Crippen molar-refractivity contribution in [1.29, 1.82) is 0 Å². The van der Waals surface area contributed by atoms with Crippen LogP contribution in [0.3, 0.4) is 0 Å². The van der Waals surface area contributed by atoms with E-state index in [1.54, 1.807) is 4.90 Å². The number of anilines is 1. The van der Waals surface area contributed by atoms with Gasteiger partial charge in [0.2, 0.25) is 5.91 Å². The first kappa shape index (κ1) is 15.4. The molecule has 0 radical (unpaired) electrons. The van der Waals surface area contributed by atoms with Gasteiger partial charge in [0.1, 0.15) is 12.3 Å². The van der Waals surface area contributed by atoms with E-state index in [0.717, 1.165) is 19.3 Å². The van der Waals surface area contributed by atoms with Gasteiger partial charge >= 0.3 is 0 Å². The number of benzene rings is 1. The molecule has 6 nitrogen and oxygen atoms in total. The Bertz CT molecular complexity index is 646. The quantitative estimate of drug-likeness (QED) is 0.826. The van der Waals surface area contributed by atoms with Gasteiger partial charge in [0.05, 0.1) is 24.4 Å². The monoisotopic (exact) mass is 330 g/mol. The molecule has 0 unspecified atom stereocenters. The Hall–Kier alpha value is -2.08. The molecule has 1 saturated carbocycles. The summed E-state index contributed by atoms with van der Waals surface area (Å²) in [5.41, 5.74) is 0.676. The maximum atomic E-state index is 12.9. The zero-order chi connectivity index (χ0) is 16.5. The van der Waals surface area contributed by atoms with E-state index < -0.39 is 0 Å². The first-order valence-corrected chi connectivity index (χ1v) is 8.67. The first-order chi connectivity index (χ1) is 11.7. The number of morpholine rings is 1. The Morgan fingerprint density at radius 3 is 2.96 bits per heavy atom. The van der Waals surface area contributed by atoms with Crippen LogP contribution in [0.5, 0.6) is 5.75 Å². The van der Waals surface area contributed by atoms with Crippen LogP contribution in [0.1, 0.15) is 25.7 Å². The highest BCUT2D eigenvalue weighted by Gasteiger charge is 2.38. The molecule has 1 aliphatic carbocycles. The SMILES string of the molecule is O=C1COc2ccccc2N1CC(=O)N1CCO[C@H]2CCCC[C@H]21. The summed E-state index contributed by atoms with van der Waals surface area (Å²) in [5, 5.41) is 0. The molecule has 2 aliphatic heterocycles. The molecule has 6 heteroatoms. The molecular weight excluding hydrogens is 308 g/mol. The molecule has 4 rings (SSSR count). The maximum Gasteiger partial charge on any atom is 0.265 e. The number of para-hydroxylation sites is 2. The number of hydrogen-bond acceptors (Lipinski definition) is 4. The number of amides is 2. The van der Waals surface area contributed by atoms with Crippen molar-refractivity contribution in [1.82, 2.24) is 4.90 Å². The zero-order valence-electron chi connectivity index (χ0n) is 13.6. The van der Waals surface area contributed by atoms with Crippen LogP contribution in [0.4, 0.5) is 5.69 Å². The lowest BCUT2D eigenvalue weighted by atomic mass is 9.90. The van der Waals surface area contributed by atoms with E-state index >= 15 is 0 Å². The van der Waals surface area contributed by atoms with Gasteiger partial charge in [-0.15, -0.1) is 0 Å². The van der Waals surface area contributed by atoms with E-state index in [4.69, 9.17) is 9.47 Å². The van der Waals surface area contributed by atoms with Gasteiger partial charge < -0.3 is 14.4 Å². The molecule has 2 atom stereocenters. The standard InChI is InChI=1S/C18H22N2O4/c21-17(19-9-10-23-15-7-3-1-5-13(15)19)11-20-14-6-2-4-8-16(14)24-12-18(20)22/h2,4,6,8,13,15H,1,3,5,7,9-12H2/t13-,15+/m1/s1. The Kier molecular flexibility index (Phi) is 4.14. The number of fused-ring (bicyclic) bond motifs is 2. The summed E-state index contributed by atoms with van der Waals surface area (Å²) in [4.78, 5) is 28.7. The van der Waals surface area contributed by atoms with Crippen molar-refractivity contribution in [2.45, 2.75) is 37.8 Å². The lowest BCUT2D eigenvalue weighted by Crippen LogP contribution is -2.57. The molecule has 1 saturated heterocycles. The summed E-state index contributed by atoms with van der Waals surface area (Å²) in [6.45, 7) is 1.25. The molecule has 24 heavy (non-hydrogen) atoms. The van der Waals surface area contributed by atoms with Gasteiger partial charge in [-0.05, 0) is 25.0 Å². The first-order valence-electron chi connectivity index (χ1n) is 8.67. The minimum absolute atomic E-state index is 0.000234. The van der Waals surface area contributed by atoms with Crippen LogP contribution < -0.4 is 9.64 Å². The highest BCUT2D eigenvalue weighted by Crippen LogP contribution is 2.32. The van der Waals surface area contributed by atoms with Crippen molar-refractivity contribution < 1.29 is 19.1 Å². The maximum absolute atomic E-state index is 12.9. The van der Waals surface area contributed by atoms with E-state index in [9.17, 15) is 9.59 Å². The van der Waals surface area contributed by atoms with Crippen LogP contribution >= 0.6 is 0 Å². The molecule has 2 fully saturated rings. The Morgan fingerprint density at radius 2 is 2.04 bits per heavy atom. The molecule has 128 valence electrons. The van der Waals surface area contributed by atoms with E-state index in [2.05, 4.69) is 0 Å². The van der Waals surface area contributed by atoms with Crippen LogP contribution in [0.15, 0.2) is 24.3 Å². The van der Waals surface area contributed by atoms with Crippen molar-refractivity contribution in [2.24, 2.45) is 0 Å². The van der Waals surface area contributed by atoms with Gasteiger partial charge in [-0.2, -0.15) is 0 Å². The molecule has 2 heterocycles. The Balaban J connectivity index is 1.52. The van der Waals surface area contributed by atoms with Crippen molar-refractivity contribution in [3.05, 3.63) is 24.3 Å². The molecule has 0 aromatic heterocycles. The third kappa shape index (κ3) is 2.75. The van der Waals surface area contributed by atoms with E-state index in [1.165, 1.54) is 6.42 Å². The fourth-order valence-electron chi connectivity index (χ4n) is 3.96. The van der Waals surface area contributed by atoms with Gasteiger partial charge in [-0.1, -0.05) is 25.0 Å². The van der Waals surface area contributed by atoms with Crippen molar-refractivity contribution in [3.63, 3.8) is 0 Å². The lowest BCUT2D eigenvalue weighted by Gasteiger charge is -2.44. The number of ether oxygens (including phenoxy) is 2. The van der Waals surface area contributed by atoms with Crippen molar-refractivity contribution in [2.75, 3.05) is 31.2 Å². The molecule has 0 N–H and O–H groups in total. The third-order valence-corrected chi connectivity index (χ3v) is 5.15. The molecule has 0 spiro atoms. The minimum atomic E-state index is -0.171. The topological polar surface area (TPSA) is 59.1 Å². The summed E-state index contributed by atoms with van der Waals surface area (Å²) in [6.07, 6.45) is 4.47. The molecule has 1 aromatic rings. The summed E-state index contributed by atoms with van der Waals surface area (Å²) in [5.74, 6) is 0.484. The second kappa shape index (κ2) is 6.43. The summed E-state index contributed by atoms with van der Waals surface area (Å²) >= 11 is 0. The lowest BCUT2D eigenvalue weighted by molar-refractivity contribution is -0.148. The van der Waals surface area contributed by atoms with Gasteiger partial charge in [0.25, 0.3) is 5.91 Å². The second-order valence-corrected chi connectivity index (χ2v) is 6.58. The van der Waals surface area contributed by atoms with Crippen molar-refractivity contribution >= 4 is 17.5 Å². The molecule has 1 aromatic carbocycles. The number of nitrogens with zero attached hydrogens (tertiary/aromatic N) is 2. The third-order valence-electron chi connectivity index (χ3n) is 5.15. The molecular formula is C18H22N2O4. The zero-order valence-corrected chi connectivity index (χ0v) is 13.6. The van der Waals surface area contributed by atoms with E-state index in [1.807, 2.05) is 29.2 Å². The summed E-state index contributed by atoms with van der Waals surface area (Å²) in [7, 11) is 0. The normalized spacial score (nSPS) is 26.4. The summed E-state index contributed by atoms with van der Waals surface area (Å²) in [6, 6.07) is 7.52. The van der Waals surface area contributed by atoms with Gasteiger partial charge in [-0.25, -0.2) is 0 Å². The predicted octanol–water partition coefficient (Wildman–Crippen LogP) is 1.58. The Labute approximate surface area is 141 Å². The molecule has 2 amide bonds. The predicted molar refractivity (Wildman–Crippen MR) is 88.0 cm³/mol. The van der Waals surface area contributed by atoms with Crippen LogP contribution in [-0.4, -0.2) is 55.2 Å².